The molecule has 0 spiro atoms. The Kier molecular flexibility index (Phi) is 4.66. The lowest BCUT2D eigenvalue weighted by Gasteiger charge is -2.10. The van der Waals surface area contributed by atoms with Gasteiger partial charge in [-0.25, -0.2) is 4.98 Å². The van der Waals surface area contributed by atoms with Gasteiger partial charge < -0.3 is 5.32 Å². The molecule has 3 aromatic carbocycles. The summed E-state index contributed by atoms with van der Waals surface area (Å²) in [7, 11) is 1.59. The van der Waals surface area contributed by atoms with E-state index in [1.165, 1.54) is 18.2 Å². The summed E-state index contributed by atoms with van der Waals surface area (Å²) < 4.78 is 1.84. The van der Waals surface area contributed by atoms with E-state index in [4.69, 9.17) is 0 Å². The van der Waals surface area contributed by atoms with Crippen molar-refractivity contribution < 1.29 is 9.72 Å². The number of benzene rings is 3. The van der Waals surface area contributed by atoms with Crippen LogP contribution >= 0.6 is 0 Å². The fraction of sp³-hybridized carbons (Fsp3) is 0.0476. The number of anilines is 2. The molecule has 0 saturated heterocycles. The van der Waals surface area contributed by atoms with Gasteiger partial charge in [0, 0.05) is 24.4 Å². The number of nitro benzene ring substituents is 1. The van der Waals surface area contributed by atoms with E-state index >= 15 is 0 Å². The molecule has 8 heteroatoms. The Hall–Kier alpha value is -4.20. The zero-order valence-electron chi connectivity index (χ0n) is 15.5. The molecule has 0 aliphatic carbocycles. The molecule has 0 atom stereocenters. The molecular weight excluding hydrogens is 370 g/mol. The van der Waals surface area contributed by atoms with E-state index in [1.807, 2.05) is 59.2 Å². The van der Waals surface area contributed by atoms with Crippen molar-refractivity contribution in [1.29, 1.82) is 0 Å². The topological polar surface area (TPSA) is 102 Å². The van der Waals surface area contributed by atoms with Gasteiger partial charge in [-0.3, -0.25) is 24.8 Å². The molecule has 1 amide bonds. The first-order valence-corrected chi connectivity index (χ1v) is 8.89. The van der Waals surface area contributed by atoms with Gasteiger partial charge in [0.05, 0.1) is 16.0 Å². The van der Waals surface area contributed by atoms with Crippen molar-refractivity contribution in [1.82, 2.24) is 9.55 Å². The van der Waals surface area contributed by atoms with Crippen molar-refractivity contribution in [2.75, 3.05) is 17.7 Å². The number of hydrogen-bond donors (Lipinski definition) is 2. The second-order valence-electron chi connectivity index (χ2n) is 6.29. The van der Waals surface area contributed by atoms with Gasteiger partial charge in [0.2, 0.25) is 5.95 Å². The number of imidazole rings is 1. The highest BCUT2D eigenvalue weighted by Gasteiger charge is 2.19. The van der Waals surface area contributed by atoms with E-state index in [-0.39, 0.29) is 11.3 Å². The Balaban J connectivity index is 1.76. The number of carbonyl (C=O) groups is 1. The van der Waals surface area contributed by atoms with E-state index in [9.17, 15) is 14.9 Å². The molecular formula is C21H17N5O3. The Morgan fingerprint density at radius 3 is 2.48 bits per heavy atom. The first kappa shape index (κ1) is 18.2. The molecule has 144 valence electrons. The van der Waals surface area contributed by atoms with Gasteiger partial charge >= 0.3 is 0 Å². The monoisotopic (exact) mass is 387 g/mol. The molecule has 2 N–H and O–H groups in total. The normalized spacial score (nSPS) is 10.7. The highest BCUT2D eigenvalue weighted by atomic mass is 16.6. The highest BCUT2D eigenvalue weighted by Crippen LogP contribution is 2.27. The van der Waals surface area contributed by atoms with Crippen molar-refractivity contribution in [2.45, 2.75) is 0 Å². The van der Waals surface area contributed by atoms with Crippen molar-refractivity contribution in [3.05, 3.63) is 88.5 Å². The molecule has 0 saturated carbocycles. The zero-order chi connectivity index (χ0) is 20.4. The second-order valence-corrected chi connectivity index (χ2v) is 6.29. The lowest BCUT2D eigenvalue weighted by Crippen LogP contribution is -2.16. The summed E-state index contributed by atoms with van der Waals surface area (Å²) in [5, 5.41) is 16.8. The Morgan fingerprint density at radius 1 is 1.03 bits per heavy atom. The number of nitro groups is 1. The van der Waals surface area contributed by atoms with Crippen LogP contribution in [0.5, 0.6) is 0 Å². The van der Waals surface area contributed by atoms with Gasteiger partial charge in [-0.2, -0.15) is 0 Å². The molecule has 0 bridgehead atoms. The molecule has 4 rings (SSSR count). The minimum Gasteiger partial charge on any atom is -0.383 e. The zero-order valence-corrected chi connectivity index (χ0v) is 15.5. The van der Waals surface area contributed by atoms with Crippen molar-refractivity contribution >= 4 is 34.3 Å². The summed E-state index contributed by atoms with van der Waals surface area (Å²) in [6.07, 6.45) is 0. The molecule has 0 unspecified atom stereocenters. The van der Waals surface area contributed by atoms with Crippen molar-refractivity contribution in [2.24, 2.45) is 0 Å². The average molecular weight is 387 g/mol. The molecule has 1 heterocycles. The third-order valence-electron chi connectivity index (χ3n) is 4.53. The summed E-state index contributed by atoms with van der Waals surface area (Å²) in [4.78, 5) is 28.1. The number of nitrogens with one attached hydrogen (secondary N) is 2. The number of para-hydroxylation sites is 3. The molecule has 29 heavy (non-hydrogen) atoms. The first-order chi connectivity index (χ1) is 14.1. The average Bonchev–Trinajstić information content (AvgIpc) is 3.11. The predicted octanol–water partition coefficient (Wildman–Crippen LogP) is 4.23. The summed E-state index contributed by atoms with van der Waals surface area (Å²) in [6.45, 7) is 0. The number of rotatable bonds is 5. The van der Waals surface area contributed by atoms with E-state index in [1.54, 1.807) is 7.05 Å². The summed E-state index contributed by atoms with van der Waals surface area (Å²) in [5.41, 5.74) is 2.74. The molecule has 0 fully saturated rings. The van der Waals surface area contributed by atoms with Crippen LogP contribution in [0.1, 0.15) is 10.4 Å². The van der Waals surface area contributed by atoms with Crippen LogP contribution in [0.3, 0.4) is 0 Å². The van der Waals surface area contributed by atoms with E-state index in [0.717, 1.165) is 16.7 Å². The first-order valence-electron chi connectivity index (χ1n) is 8.89. The number of aromatic nitrogens is 2. The molecule has 0 radical (unpaired) electrons. The molecule has 8 nitrogen and oxygen atoms in total. The number of fused-ring (bicyclic) bond motifs is 1. The van der Waals surface area contributed by atoms with Crippen LogP contribution in [0.2, 0.25) is 0 Å². The summed E-state index contributed by atoms with van der Waals surface area (Å²) in [5.74, 6) is -0.147. The van der Waals surface area contributed by atoms with Crippen LogP contribution in [-0.2, 0) is 0 Å². The molecule has 0 aliphatic heterocycles. The van der Waals surface area contributed by atoms with Crippen LogP contribution in [0, 0.1) is 10.1 Å². The minimum absolute atomic E-state index is 0.169. The van der Waals surface area contributed by atoms with Crippen LogP contribution in [0.4, 0.5) is 17.3 Å². The molecule has 4 aromatic rings. The van der Waals surface area contributed by atoms with Crippen LogP contribution in [-0.4, -0.2) is 27.4 Å². The lowest BCUT2D eigenvalue weighted by molar-refractivity contribution is -0.384. The maximum absolute atomic E-state index is 12.8. The lowest BCUT2D eigenvalue weighted by atomic mass is 10.1. The standard InChI is InChI=1S/C21H17N5O3/c1-22-16-12-11-14(13-19(16)26(28)29)20(27)24-21-23-17-9-5-6-10-18(17)25(21)15-7-3-2-4-8-15/h2-13,22H,1H3,(H,23,24,27). The van der Waals surface area contributed by atoms with E-state index in [2.05, 4.69) is 15.6 Å². The third-order valence-corrected chi connectivity index (χ3v) is 4.53. The van der Waals surface area contributed by atoms with Crippen LogP contribution in [0.15, 0.2) is 72.8 Å². The minimum atomic E-state index is -0.526. The Labute approximate surface area is 166 Å². The number of carbonyl (C=O) groups excluding carboxylic acids is 1. The predicted molar refractivity (Wildman–Crippen MR) is 112 cm³/mol. The summed E-state index contributed by atoms with van der Waals surface area (Å²) in [6, 6.07) is 21.4. The van der Waals surface area contributed by atoms with Gasteiger partial charge in [-0.05, 0) is 36.4 Å². The second kappa shape index (κ2) is 7.43. The summed E-state index contributed by atoms with van der Waals surface area (Å²) >= 11 is 0. The van der Waals surface area contributed by atoms with Crippen molar-refractivity contribution in [3.8, 4) is 5.69 Å². The highest BCUT2D eigenvalue weighted by molar-refractivity contribution is 6.05. The van der Waals surface area contributed by atoms with Gasteiger partial charge in [-0.15, -0.1) is 0 Å². The number of amides is 1. The van der Waals surface area contributed by atoms with Gasteiger partial charge in [0.15, 0.2) is 0 Å². The molecule has 0 aliphatic rings. The van der Waals surface area contributed by atoms with Crippen LogP contribution < -0.4 is 10.6 Å². The van der Waals surface area contributed by atoms with Gasteiger partial charge in [0.1, 0.15) is 5.69 Å². The Morgan fingerprint density at radius 2 is 1.76 bits per heavy atom. The maximum atomic E-state index is 12.8. The molecule has 1 aromatic heterocycles. The van der Waals surface area contributed by atoms with Gasteiger partial charge in [-0.1, -0.05) is 30.3 Å². The Bertz CT molecular complexity index is 1220. The largest absolute Gasteiger partial charge is 0.383 e. The SMILES string of the molecule is CNc1ccc(C(=O)Nc2nc3ccccc3n2-c2ccccc2)cc1[N+](=O)[O-]. The van der Waals surface area contributed by atoms with E-state index < -0.39 is 10.8 Å². The van der Waals surface area contributed by atoms with Crippen molar-refractivity contribution in [3.63, 3.8) is 0 Å². The number of hydrogen-bond acceptors (Lipinski definition) is 5. The quantitative estimate of drug-likeness (QED) is 0.394. The number of nitrogens with zero attached hydrogens (tertiary/aromatic N) is 3. The van der Waals surface area contributed by atoms with E-state index in [0.29, 0.717) is 11.6 Å². The smallest absolute Gasteiger partial charge is 0.293 e. The third kappa shape index (κ3) is 3.39. The van der Waals surface area contributed by atoms with Crippen LogP contribution in [0.25, 0.3) is 16.7 Å². The maximum Gasteiger partial charge on any atom is 0.293 e. The fourth-order valence-electron chi connectivity index (χ4n) is 3.16. The van der Waals surface area contributed by atoms with Gasteiger partial charge in [0.25, 0.3) is 11.6 Å². The fourth-order valence-corrected chi connectivity index (χ4v) is 3.16.